The highest BCUT2D eigenvalue weighted by Gasteiger charge is 1.98. The van der Waals surface area contributed by atoms with Crippen LogP contribution in [-0.2, 0) is 6.42 Å². The molecule has 0 aliphatic carbocycles. The van der Waals surface area contributed by atoms with E-state index in [0.717, 1.165) is 13.0 Å². The van der Waals surface area contributed by atoms with Crippen molar-refractivity contribution in [2.75, 3.05) is 20.6 Å². The Bertz CT molecular complexity index is 443. The van der Waals surface area contributed by atoms with Crippen molar-refractivity contribution < 1.29 is 0 Å². The molecule has 0 spiro atoms. The molecule has 1 heteroatoms. The number of rotatable bonds is 4. The molecule has 0 aliphatic heterocycles. The van der Waals surface area contributed by atoms with Gasteiger partial charge in [0.2, 0.25) is 0 Å². The number of benzene rings is 2. The fourth-order valence-corrected chi connectivity index (χ4v) is 1.85. The van der Waals surface area contributed by atoms with Crippen LogP contribution in [0.3, 0.4) is 0 Å². The van der Waals surface area contributed by atoms with Crippen LogP contribution in [0.4, 0.5) is 0 Å². The highest BCUT2D eigenvalue weighted by atomic mass is 15.0. The Kier molecular flexibility index (Phi) is 3.94. The Morgan fingerprint density at radius 1 is 0.765 bits per heavy atom. The Labute approximate surface area is 104 Å². The van der Waals surface area contributed by atoms with Crippen molar-refractivity contribution in [1.29, 1.82) is 0 Å². The summed E-state index contributed by atoms with van der Waals surface area (Å²) >= 11 is 0. The van der Waals surface area contributed by atoms with Crippen LogP contribution < -0.4 is 0 Å². The maximum atomic E-state index is 2.23. The van der Waals surface area contributed by atoms with Crippen LogP contribution in [0.1, 0.15) is 5.56 Å². The van der Waals surface area contributed by atoms with Gasteiger partial charge in [-0.05, 0) is 37.2 Å². The van der Waals surface area contributed by atoms with Gasteiger partial charge in [0.1, 0.15) is 0 Å². The zero-order valence-electron chi connectivity index (χ0n) is 10.6. The molecule has 2 rings (SSSR count). The van der Waals surface area contributed by atoms with Crippen molar-refractivity contribution in [3.8, 4) is 11.1 Å². The minimum atomic E-state index is 1.10. The normalized spacial score (nSPS) is 10.8. The van der Waals surface area contributed by atoms with Gasteiger partial charge >= 0.3 is 0 Å². The first-order valence-corrected chi connectivity index (χ1v) is 6.05. The van der Waals surface area contributed by atoms with Crippen LogP contribution in [0, 0.1) is 0 Å². The second kappa shape index (κ2) is 5.65. The molecule has 0 unspecified atom stereocenters. The molecule has 0 fully saturated rings. The van der Waals surface area contributed by atoms with Gasteiger partial charge in [-0.25, -0.2) is 0 Å². The molecular formula is C16H19N. The summed E-state index contributed by atoms with van der Waals surface area (Å²) in [7, 11) is 4.22. The van der Waals surface area contributed by atoms with E-state index in [-0.39, 0.29) is 0 Å². The highest BCUT2D eigenvalue weighted by Crippen LogP contribution is 2.19. The molecule has 0 aromatic heterocycles. The average molecular weight is 225 g/mol. The lowest BCUT2D eigenvalue weighted by Crippen LogP contribution is -2.14. The second-order valence-electron chi connectivity index (χ2n) is 4.62. The van der Waals surface area contributed by atoms with E-state index in [0.29, 0.717) is 0 Å². The van der Waals surface area contributed by atoms with E-state index in [1.807, 2.05) is 0 Å². The standard InChI is InChI=1S/C16H19N/c1-17(2)13-12-14-8-10-16(11-9-14)15-6-4-3-5-7-15/h3-11H,12-13H2,1-2H3. The molecule has 0 saturated carbocycles. The molecule has 0 radical (unpaired) electrons. The maximum absolute atomic E-state index is 2.23. The Morgan fingerprint density at radius 3 is 1.94 bits per heavy atom. The van der Waals surface area contributed by atoms with Crippen LogP contribution in [0.2, 0.25) is 0 Å². The molecular weight excluding hydrogens is 206 g/mol. The molecule has 0 saturated heterocycles. The molecule has 0 aliphatic rings. The van der Waals surface area contributed by atoms with Gasteiger partial charge in [-0.1, -0.05) is 54.6 Å². The zero-order valence-corrected chi connectivity index (χ0v) is 10.6. The topological polar surface area (TPSA) is 3.24 Å². The minimum absolute atomic E-state index is 1.10. The van der Waals surface area contributed by atoms with Crippen molar-refractivity contribution in [3.63, 3.8) is 0 Å². The Morgan fingerprint density at radius 2 is 1.35 bits per heavy atom. The lowest BCUT2D eigenvalue weighted by Gasteiger charge is -2.09. The maximum Gasteiger partial charge on any atom is 0.00157 e. The zero-order chi connectivity index (χ0) is 12.1. The van der Waals surface area contributed by atoms with Gasteiger partial charge in [0.25, 0.3) is 0 Å². The van der Waals surface area contributed by atoms with Crippen LogP contribution >= 0.6 is 0 Å². The van der Waals surface area contributed by atoms with Gasteiger partial charge in [0.05, 0.1) is 0 Å². The van der Waals surface area contributed by atoms with E-state index in [1.54, 1.807) is 0 Å². The van der Waals surface area contributed by atoms with Crippen molar-refractivity contribution >= 4 is 0 Å². The summed E-state index contributed by atoms with van der Waals surface area (Å²) in [6.07, 6.45) is 1.11. The first-order chi connectivity index (χ1) is 8.25. The summed E-state index contributed by atoms with van der Waals surface area (Å²) in [5, 5.41) is 0. The Balaban J connectivity index is 2.08. The third-order valence-corrected chi connectivity index (χ3v) is 2.91. The summed E-state index contributed by atoms with van der Waals surface area (Å²) in [6, 6.07) is 19.4. The number of hydrogen-bond donors (Lipinski definition) is 0. The predicted octanol–water partition coefficient (Wildman–Crippen LogP) is 3.46. The molecule has 0 N–H and O–H groups in total. The summed E-state index contributed by atoms with van der Waals surface area (Å²) < 4.78 is 0. The second-order valence-corrected chi connectivity index (χ2v) is 4.62. The van der Waals surface area contributed by atoms with Crippen LogP contribution in [0.15, 0.2) is 54.6 Å². The molecule has 0 bridgehead atoms. The molecule has 1 nitrogen and oxygen atoms in total. The first kappa shape index (κ1) is 11.9. The van der Waals surface area contributed by atoms with Crippen molar-refractivity contribution in [2.24, 2.45) is 0 Å². The lowest BCUT2D eigenvalue weighted by molar-refractivity contribution is 0.413. The predicted molar refractivity (Wildman–Crippen MR) is 74.1 cm³/mol. The minimum Gasteiger partial charge on any atom is -0.309 e. The van der Waals surface area contributed by atoms with Gasteiger partial charge in [0.15, 0.2) is 0 Å². The van der Waals surface area contributed by atoms with Crippen LogP contribution in [-0.4, -0.2) is 25.5 Å². The third-order valence-electron chi connectivity index (χ3n) is 2.91. The first-order valence-electron chi connectivity index (χ1n) is 6.05. The van der Waals surface area contributed by atoms with Gasteiger partial charge in [-0.2, -0.15) is 0 Å². The molecule has 0 heterocycles. The van der Waals surface area contributed by atoms with E-state index in [1.165, 1.54) is 16.7 Å². The molecule has 88 valence electrons. The van der Waals surface area contributed by atoms with Crippen molar-refractivity contribution in [1.82, 2.24) is 4.90 Å². The van der Waals surface area contributed by atoms with Crippen LogP contribution in [0.5, 0.6) is 0 Å². The van der Waals surface area contributed by atoms with Gasteiger partial charge in [-0.15, -0.1) is 0 Å². The lowest BCUT2D eigenvalue weighted by atomic mass is 10.0. The van der Waals surface area contributed by atoms with E-state index in [9.17, 15) is 0 Å². The summed E-state index contributed by atoms with van der Waals surface area (Å²) in [5.41, 5.74) is 3.98. The molecule has 2 aromatic carbocycles. The van der Waals surface area contributed by atoms with Gasteiger partial charge < -0.3 is 4.90 Å². The fourth-order valence-electron chi connectivity index (χ4n) is 1.85. The SMILES string of the molecule is CN(C)CCc1ccc(-c2ccccc2)cc1. The smallest absolute Gasteiger partial charge is 0.00157 e. The van der Waals surface area contributed by atoms with E-state index in [2.05, 4.69) is 73.6 Å². The molecule has 17 heavy (non-hydrogen) atoms. The van der Waals surface area contributed by atoms with E-state index in [4.69, 9.17) is 0 Å². The fraction of sp³-hybridized carbons (Fsp3) is 0.250. The Hall–Kier alpha value is -1.60. The summed E-state index contributed by atoms with van der Waals surface area (Å²) in [6.45, 7) is 1.10. The number of nitrogens with zero attached hydrogens (tertiary/aromatic N) is 1. The van der Waals surface area contributed by atoms with E-state index < -0.39 is 0 Å². The van der Waals surface area contributed by atoms with E-state index >= 15 is 0 Å². The largest absolute Gasteiger partial charge is 0.309 e. The number of likely N-dealkylation sites (N-methyl/N-ethyl adjacent to an activating group) is 1. The molecule has 0 amide bonds. The van der Waals surface area contributed by atoms with Crippen LogP contribution in [0.25, 0.3) is 11.1 Å². The quantitative estimate of drug-likeness (QED) is 0.770. The number of hydrogen-bond acceptors (Lipinski definition) is 1. The van der Waals surface area contributed by atoms with Crippen molar-refractivity contribution in [2.45, 2.75) is 6.42 Å². The third kappa shape index (κ3) is 3.43. The molecule has 2 aromatic rings. The average Bonchev–Trinajstić information content (AvgIpc) is 2.38. The monoisotopic (exact) mass is 225 g/mol. The van der Waals surface area contributed by atoms with Gasteiger partial charge in [-0.3, -0.25) is 0 Å². The van der Waals surface area contributed by atoms with Crippen molar-refractivity contribution in [3.05, 3.63) is 60.2 Å². The molecule has 0 atom stereocenters. The van der Waals surface area contributed by atoms with Gasteiger partial charge in [0, 0.05) is 6.54 Å². The highest BCUT2D eigenvalue weighted by molar-refractivity contribution is 5.63. The summed E-state index contributed by atoms with van der Waals surface area (Å²) in [4.78, 5) is 2.21. The summed E-state index contributed by atoms with van der Waals surface area (Å²) in [5.74, 6) is 0.